The van der Waals surface area contributed by atoms with E-state index in [1.54, 1.807) is 29.9 Å². The summed E-state index contributed by atoms with van der Waals surface area (Å²) in [5, 5.41) is 3.12. The summed E-state index contributed by atoms with van der Waals surface area (Å²) in [7, 11) is 0. The van der Waals surface area contributed by atoms with Crippen molar-refractivity contribution in [2.75, 3.05) is 31.1 Å². The van der Waals surface area contributed by atoms with E-state index in [4.69, 9.17) is 0 Å². The SMILES string of the molecule is O=C(c1cnccn1)N1CC2CN(c3nccs3)CC2(CCc2ccccc2)C1. The molecule has 0 spiro atoms. The molecule has 0 bridgehead atoms. The van der Waals surface area contributed by atoms with Gasteiger partial charge < -0.3 is 9.80 Å². The standard InChI is InChI=1S/C22H23N5OS/c28-20(19-12-23-8-9-24-19)26-13-18-14-27(21-25-10-11-29-21)16-22(18,15-26)7-6-17-4-2-1-3-5-17/h1-5,8-12,18H,6-7,13-16H2. The molecule has 2 aliphatic rings. The highest BCUT2D eigenvalue weighted by atomic mass is 32.1. The predicted molar refractivity (Wildman–Crippen MR) is 113 cm³/mol. The number of nitrogens with zero attached hydrogens (tertiary/aromatic N) is 5. The van der Waals surface area contributed by atoms with Gasteiger partial charge in [-0.1, -0.05) is 30.3 Å². The zero-order chi connectivity index (χ0) is 19.7. The largest absolute Gasteiger partial charge is 0.347 e. The maximum atomic E-state index is 13.0. The third-order valence-corrected chi connectivity index (χ3v) is 7.11. The molecule has 5 rings (SSSR count). The molecule has 6 nitrogen and oxygen atoms in total. The van der Waals surface area contributed by atoms with Crippen molar-refractivity contribution in [1.82, 2.24) is 19.9 Å². The quantitative estimate of drug-likeness (QED) is 0.653. The number of benzene rings is 1. The predicted octanol–water partition coefficient (Wildman–Crippen LogP) is 3.14. The second-order valence-electron chi connectivity index (χ2n) is 8.02. The molecule has 29 heavy (non-hydrogen) atoms. The Morgan fingerprint density at radius 1 is 1.10 bits per heavy atom. The van der Waals surface area contributed by atoms with Gasteiger partial charge in [0.25, 0.3) is 5.91 Å². The van der Waals surface area contributed by atoms with E-state index in [0.717, 1.165) is 44.2 Å². The third kappa shape index (κ3) is 3.51. The smallest absolute Gasteiger partial charge is 0.274 e. The van der Waals surface area contributed by atoms with Crippen LogP contribution in [-0.2, 0) is 6.42 Å². The number of anilines is 1. The van der Waals surface area contributed by atoms with E-state index in [1.807, 2.05) is 16.5 Å². The molecule has 148 valence electrons. The van der Waals surface area contributed by atoms with Crippen molar-refractivity contribution < 1.29 is 4.79 Å². The van der Waals surface area contributed by atoms with Crippen molar-refractivity contribution >= 4 is 22.4 Å². The number of hydrogen-bond acceptors (Lipinski definition) is 6. The molecule has 0 saturated carbocycles. The maximum Gasteiger partial charge on any atom is 0.274 e. The monoisotopic (exact) mass is 405 g/mol. The van der Waals surface area contributed by atoms with Gasteiger partial charge in [-0.25, -0.2) is 9.97 Å². The summed E-state index contributed by atoms with van der Waals surface area (Å²) in [6.07, 6.45) is 8.70. The molecule has 4 heterocycles. The Hall–Kier alpha value is -2.80. The van der Waals surface area contributed by atoms with Gasteiger partial charge in [0.2, 0.25) is 0 Å². The van der Waals surface area contributed by atoms with Crippen LogP contribution in [0.2, 0.25) is 0 Å². The molecule has 2 atom stereocenters. The summed E-state index contributed by atoms with van der Waals surface area (Å²) in [6, 6.07) is 10.6. The molecule has 7 heteroatoms. The first-order valence-corrected chi connectivity index (χ1v) is 10.9. The Kier molecular flexibility index (Phi) is 4.75. The van der Waals surface area contributed by atoms with Gasteiger partial charge in [-0.05, 0) is 18.4 Å². The summed E-state index contributed by atoms with van der Waals surface area (Å²) in [6.45, 7) is 3.43. The topological polar surface area (TPSA) is 62.2 Å². The van der Waals surface area contributed by atoms with Gasteiger partial charge in [-0.15, -0.1) is 11.3 Å². The van der Waals surface area contributed by atoms with Gasteiger partial charge >= 0.3 is 0 Å². The van der Waals surface area contributed by atoms with Gasteiger partial charge in [-0.3, -0.25) is 9.78 Å². The first kappa shape index (κ1) is 18.2. The fraction of sp³-hybridized carbons (Fsp3) is 0.364. The van der Waals surface area contributed by atoms with E-state index in [-0.39, 0.29) is 11.3 Å². The summed E-state index contributed by atoms with van der Waals surface area (Å²) < 4.78 is 0. The van der Waals surface area contributed by atoms with E-state index >= 15 is 0 Å². The van der Waals surface area contributed by atoms with Gasteiger partial charge in [0.05, 0.1) is 6.20 Å². The first-order chi connectivity index (χ1) is 14.2. The van der Waals surface area contributed by atoms with Gasteiger partial charge in [0.1, 0.15) is 5.69 Å². The number of fused-ring (bicyclic) bond motifs is 1. The molecular formula is C22H23N5OS. The molecule has 2 fully saturated rings. The molecule has 2 aliphatic heterocycles. The number of likely N-dealkylation sites (tertiary alicyclic amines) is 1. The van der Waals surface area contributed by atoms with E-state index < -0.39 is 0 Å². The zero-order valence-corrected chi connectivity index (χ0v) is 17.0. The molecule has 3 aromatic rings. The molecule has 0 aliphatic carbocycles. The van der Waals surface area contributed by atoms with E-state index in [9.17, 15) is 4.79 Å². The van der Waals surface area contributed by atoms with Crippen molar-refractivity contribution in [2.24, 2.45) is 11.3 Å². The number of aryl methyl sites for hydroxylation is 1. The highest BCUT2D eigenvalue weighted by molar-refractivity contribution is 7.13. The Bertz CT molecular complexity index is 965. The van der Waals surface area contributed by atoms with Gasteiger partial charge in [0.15, 0.2) is 5.13 Å². The molecule has 1 aromatic carbocycles. The van der Waals surface area contributed by atoms with Crippen LogP contribution in [0, 0.1) is 11.3 Å². The van der Waals surface area contributed by atoms with Crippen LogP contribution in [0.3, 0.4) is 0 Å². The van der Waals surface area contributed by atoms with Crippen molar-refractivity contribution in [3.63, 3.8) is 0 Å². The normalized spacial score (nSPS) is 23.4. The fourth-order valence-corrected chi connectivity index (χ4v) is 5.47. The highest BCUT2D eigenvalue weighted by Crippen LogP contribution is 2.47. The lowest BCUT2D eigenvalue weighted by Crippen LogP contribution is -2.37. The van der Waals surface area contributed by atoms with Crippen LogP contribution in [0.5, 0.6) is 0 Å². The average molecular weight is 406 g/mol. The summed E-state index contributed by atoms with van der Waals surface area (Å²) in [4.78, 5) is 30.2. The van der Waals surface area contributed by atoms with E-state index in [1.165, 1.54) is 5.56 Å². The number of aromatic nitrogens is 3. The summed E-state index contributed by atoms with van der Waals surface area (Å²) >= 11 is 1.69. The lowest BCUT2D eigenvalue weighted by molar-refractivity contribution is 0.0764. The van der Waals surface area contributed by atoms with Crippen LogP contribution in [-0.4, -0.2) is 51.9 Å². The molecular weight excluding hydrogens is 382 g/mol. The number of thiazole rings is 1. The summed E-state index contributed by atoms with van der Waals surface area (Å²) in [5.74, 6) is 0.433. The van der Waals surface area contributed by atoms with Crippen molar-refractivity contribution in [2.45, 2.75) is 12.8 Å². The van der Waals surface area contributed by atoms with Crippen LogP contribution < -0.4 is 4.90 Å². The van der Waals surface area contributed by atoms with Crippen molar-refractivity contribution in [1.29, 1.82) is 0 Å². The molecule has 2 unspecified atom stereocenters. The lowest BCUT2D eigenvalue weighted by atomic mass is 9.76. The number of hydrogen-bond donors (Lipinski definition) is 0. The van der Waals surface area contributed by atoms with Crippen LogP contribution in [0.15, 0.2) is 60.5 Å². The van der Waals surface area contributed by atoms with Gasteiger partial charge in [-0.2, -0.15) is 0 Å². The minimum Gasteiger partial charge on any atom is -0.347 e. The van der Waals surface area contributed by atoms with Gasteiger partial charge in [0, 0.05) is 61.5 Å². The third-order valence-electron chi connectivity index (χ3n) is 6.27. The highest BCUT2D eigenvalue weighted by Gasteiger charge is 2.53. The lowest BCUT2D eigenvalue weighted by Gasteiger charge is -2.29. The second-order valence-corrected chi connectivity index (χ2v) is 8.89. The number of rotatable bonds is 5. The Balaban J connectivity index is 1.38. The average Bonchev–Trinajstić information content (AvgIpc) is 3.48. The minimum absolute atomic E-state index is 0.00705. The Labute approximate surface area is 174 Å². The first-order valence-electron chi connectivity index (χ1n) is 9.97. The maximum absolute atomic E-state index is 13.0. The van der Waals surface area contributed by atoms with E-state index in [0.29, 0.717) is 11.6 Å². The fourth-order valence-electron chi connectivity index (χ4n) is 4.82. The molecule has 2 aromatic heterocycles. The van der Waals surface area contributed by atoms with Crippen LogP contribution in [0.4, 0.5) is 5.13 Å². The minimum atomic E-state index is -0.00705. The zero-order valence-electron chi connectivity index (χ0n) is 16.1. The van der Waals surface area contributed by atoms with Crippen LogP contribution in [0.25, 0.3) is 0 Å². The Morgan fingerprint density at radius 2 is 2.00 bits per heavy atom. The van der Waals surface area contributed by atoms with Crippen molar-refractivity contribution in [3.05, 3.63) is 71.8 Å². The van der Waals surface area contributed by atoms with Crippen LogP contribution >= 0.6 is 11.3 Å². The summed E-state index contributed by atoms with van der Waals surface area (Å²) in [5.41, 5.74) is 1.87. The second kappa shape index (κ2) is 7.55. The number of carbonyl (C=O) groups is 1. The number of amides is 1. The van der Waals surface area contributed by atoms with Crippen molar-refractivity contribution in [3.8, 4) is 0 Å². The van der Waals surface area contributed by atoms with E-state index in [2.05, 4.69) is 50.2 Å². The number of carbonyl (C=O) groups excluding carboxylic acids is 1. The molecule has 2 saturated heterocycles. The molecule has 1 amide bonds. The molecule has 0 N–H and O–H groups in total. The Morgan fingerprint density at radius 3 is 2.76 bits per heavy atom. The van der Waals surface area contributed by atoms with Crippen LogP contribution in [0.1, 0.15) is 22.5 Å². The molecule has 0 radical (unpaired) electrons.